The second-order valence-corrected chi connectivity index (χ2v) is 22.5. The van der Waals surface area contributed by atoms with Gasteiger partial charge in [0.15, 0.2) is 0 Å². The van der Waals surface area contributed by atoms with Crippen molar-refractivity contribution in [1.29, 1.82) is 0 Å². The van der Waals surface area contributed by atoms with E-state index < -0.39 is 0 Å². The molecule has 0 spiro atoms. The van der Waals surface area contributed by atoms with Crippen molar-refractivity contribution in [2.75, 3.05) is 9.80 Å². The van der Waals surface area contributed by atoms with E-state index in [9.17, 15) is 0 Å². The number of aromatic nitrogens is 2. The SMILES string of the molecule is c1ccc(-c2ccc3c(c2)c2cc(N(c4cccc(N(c5ccc6c(c5)c5cc(-c7ccccc7)ccc5n6-c5cccc6ccccc56)c5cccc6ccccc56)c4)c4cccc5ccccc45)ccc2n3-c2cccc3ccccc23)cc1. The van der Waals surface area contributed by atoms with Crippen LogP contribution in [0.2, 0.25) is 0 Å². The highest BCUT2D eigenvalue weighted by Crippen LogP contribution is 2.48. The summed E-state index contributed by atoms with van der Waals surface area (Å²) in [7, 11) is 0. The second kappa shape index (κ2) is 20.2. The van der Waals surface area contributed by atoms with E-state index in [0.29, 0.717) is 0 Å². The Labute approximate surface area is 498 Å². The maximum atomic E-state index is 2.47. The summed E-state index contributed by atoms with van der Waals surface area (Å²) in [5.74, 6) is 0. The smallest absolute Gasteiger partial charge is 0.0542 e. The average Bonchev–Trinajstić information content (AvgIpc) is 1.70. The first-order valence-corrected chi connectivity index (χ1v) is 29.6. The molecule has 4 heteroatoms. The van der Waals surface area contributed by atoms with Crippen molar-refractivity contribution >= 4 is 121 Å². The molecule has 0 bridgehead atoms. The predicted molar refractivity (Wildman–Crippen MR) is 365 cm³/mol. The van der Waals surface area contributed by atoms with Crippen molar-refractivity contribution < 1.29 is 0 Å². The summed E-state index contributed by atoms with van der Waals surface area (Å²) in [6, 6.07) is 120. The van der Waals surface area contributed by atoms with Gasteiger partial charge in [0.05, 0.1) is 44.8 Å². The van der Waals surface area contributed by atoms with E-state index in [-0.39, 0.29) is 0 Å². The van der Waals surface area contributed by atoms with Crippen LogP contribution in [0.4, 0.5) is 34.1 Å². The molecule has 0 atom stereocenters. The Morgan fingerprint density at radius 1 is 0.186 bits per heavy atom. The molecule has 0 N–H and O–H groups in total. The molecular weight excluding hydrogens is 1040 g/mol. The number of anilines is 6. The Balaban J connectivity index is 0.903. The zero-order chi connectivity index (χ0) is 56.7. The van der Waals surface area contributed by atoms with Crippen LogP contribution in [0.5, 0.6) is 0 Å². The number of fused-ring (bicyclic) bond motifs is 10. The maximum Gasteiger partial charge on any atom is 0.0542 e. The van der Waals surface area contributed by atoms with Crippen LogP contribution >= 0.6 is 0 Å². The second-order valence-electron chi connectivity index (χ2n) is 22.5. The van der Waals surface area contributed by atoms with E-state index in [1.165, 1.54) is 86.9 Å². The minimum absolute atomic E-state index is 1.03. The van der Waals surface area contributed by atoms with Crippen molar-refractivity contribution in [3.8, 4) is 33.6 Å². The zero-order valence-corrected chi connectivity index (χ0v) is 47.0. The molecule has 4 nitrogen and oxygen atoms in total. The molecule has 0 aliphatic carbocycles. The zero-order valence-electron chi connectivity index (χ0n) is 47.0. The predicted octanol–water partition coefficient (Wildman–Crippen LogP) is 22.8. The van der Waals surface area contributed by atoms with Gasteiger partial charge in [0.2, 0.25) is 0 Å². The molecular formula is C82H54N4. The van der Waals surface area contributed by atoms with Gasteiger partial charge in [0, 0.05) is 65.8 Å². The highest BCUT2D eigenvalue weighted by atomic mass is 15.2. The minimum Gasteiger partial charge on any atom is -0.310 e. The van der Waals surface area contributed by atoms with E-state index in [4.69, 9.17) is 0 Å². The summed E-state index contributed by atoms with van der Waals surface area (Å²) in [4.78, 5) is 4.95. The number of rotatable bonds is 10. The molecule has 2 heterocycles. The van der Waals surface area contributed by atoms with Crippen LogP contribution in [0, 0.1) is 0 Å². The van der Waals surface area contributed by atoms with Crippen LogP contribution in [0.1, 0.15) is 0 Å². The summed E-state index contributed by atoms with van der Waals surface area (Å²) < 4.78 is 4.94. The quantitative estimate of drug-likeness (QED) is 0.136. The first-order chi connectivity index (χ1) is 42.7. The van der Waals surface area contributed by atoms with Crippen LogP contribution in [-0.2, 0) is 0 Å². The summed E-state index contributed by atoms with van der Waals surface area (Å²) in [6.07, 6.45) is 0. The molecule has 0 amide bonds. The molecule has 0 unspecified atom stereocenters. The van der Waals surface area contributed by atoms with Gasteiger partial charge < -0.3 is 18.9 Å². The summed E-state index contributed by atoms with van der Waals surface area (Å²) in [5, 5.41) is 14.3. The molecule has 0 aliphatic rings. The van der Waals surface area contributed by atoms with Crippen molar-refractivity contribution in [1.82, 2.24) is 9.13 Å². The lowest BCUT2D eigenvalue weighted by molar-refractivity contribution is 1.19. The topological polar surface area (TPSA) is 16.3 Å². The normalized spacial score (nSPS) is 11.7. The third-order valence-electron chi connectivity index (χ3n) is 17.6. The van der Waals surface area contributed by atoms with Gasteiger partial charge in [-0.05, 0) is 147 Å². The molecule has 15 aromatic carbocycles. The van der Waals surface area contributed by atoms with Crippen LogP contribution in [0.3, 0.4) is 0 Å². The van der Waals surface area contributed by atoms with Gasteiger partial charge in [-0.1, -0.05) is 224 Å². The number of nitrogens with zero attached hydrogens (tertiary/aromatic N) is 4. The Bertz CT molecular complexity index is 5140. The number of benzene rings is 15. The van der Waals surface area contributed by atoms with Gasteiger partial charge in [-0.2, -0.15) is 0 Å². The first kappa shape index (κ1) is 49.2. The minimum atomic E-state index is 1.03. The Kier molecular flexibility index (Phi) is 11.5. The van der Waals surface area contributed by atoms with Gasteiger partial charge in [0.1, 0.15) is 0 Å². The first-order valence-electron chi connectivity index (χ1n) is 29.6. The van der Waals surface area contributed by atoms with Crippen molar-refractivity contribution in [3.05, 3.63) is 328 Å². The highest BCUT2D eigenvalue weighted by Gasteiger charge is 2.24. The lowest BCUT2D eigenvalue weighted by Crippen LogP contribution is -2.14. The lowest BCUT2D eigenvalue weighted by Gasteiger charge is -2.30. The van der Waals surface area contributed by atoms with Gasteiger partial charge in [-0.25, -0.2) is 0 Å². The van der Waals surface area contributed by atoms with Gasteiger partial charge >= 0.3 is 0 Å². The van der Waals surface area contributed by atoms with Crippen LogP contribution in [0.25, 0.3) is 120 Å². The molecule has 17 aromatic rings. The van der Waals surface area contributed by atoms with Crippen molar-refractivity contribution in [2.45, 2.75) is 0 Å². The fraction of sp³-hybridized carbons (Fsp3) is 0. The fourth-order valence-corrected chi connectivity index (χ4v) is 13.7. The van der Waals surface area contributed by atoms with Crippen LogP contribution in [0.15, 0.2) is 328 Å². The van der Waals surface area contributed by atoms with Crippen LogP contribution < -0.4 is 9.80 Å². The highest BCUT2D eigenvalue weighted by molar-refractivity contribution is 6.15. The third-order valence-corrected chi connectivity index (χ3v) is 17.6. The van der Waals surface area contributed by atoms with Crippen molar-refractivity contribution in [2.24, 2.45) is 0 Å². The van der Waals surface area contributed by atoms with E-state index in [0.717, 1.165) is 67.6 Å². The molecule has 2 aromatic heterocycles. The van der Waals surface area contributed by atoms with E-state index >= 15 is 0 Å². The average molecular weight is 1100 g/mol. The number of hydrogen-bond donors (Lipinski definition) is 0. The third kappa shape index (κ3) is 8.07. The van der Waals surface area contributed by atoms with Crippen LogP contribution in [-0.4, -0.2) is 9.13 Å². The van der Waals surface area contributed by atoms with Gasteiger partial charge in [-0.15, -0.1) is 0 Å². The maximum absolute atomic E-state index is 2.47. The summed E-state index contributed by atoms with van der Waals surface area (Å²) >= 11 is 0. The van der Waals surface area contributed by atoms with E-state index in [1.807, 2.05) is 0 Å². The molecule has 86 heavy (non-hydrogen) atoms. The fourth-order valence-electron chi connectivity index (χ4n) is 13.7. The standard InChI is InChI=1S/C82H54N4/c1-3-20-55(21-4-1)61-42-46-79-71(50-61)73-53-65(44-48-81(73)85(79)77-40-17-30-59-26-9-13-36-69(59)77)83(75-38-15-28-57-24-7-11-34-67(57)75)63-32-19-33-64(52-63)84(76-39-16-29-58-25-8-12-35-68(58)76)66-45-49-82-74(54-66)72-51-62(56-22-5-2-6-23-56)43-47-80(72)86(82)78-41-18-31-60-27-10-14-37-70(60)78/h1-54H. The lowest BCUT2D eigenvalue weighted by atomic mass is 10.0. The summed E-state index contributed by atoms with van der Waals surface area (Å²) in [6.45, 7) is 0. The Morgan fingerprint density at radius 3 is 0.930 bits per heavy atom. The molecule has 0 radical (unpaired) electrons. The van der Waals surface area contributed by atoms with Gasteiger partial charge in [-0.3, -0.25) is 0 Å². The molecule has 402 valence electrons. The molecule has 0 saturated heterocycles. The molecule has 17 rings (SSSR count). The largest absolute Gasteiger partial charge is 0.310 e. The Hall–Kier alpha value is -11.5. The molecule has 0 aliphatic heterocycles. The number of hydrogen-bond acceptors (Lipinski definition) is 2. The van der Waals surface area contributed by atoms with E-state index in [2.05, 4.69) is 347 Å². The van der Waals surface area contributed by atoms with Crippen molar-refractivity contribution in [3.63, 3.8) is 0 Å². The monoisotopic (exact) mass is 1090 g/mol. The van der Waals surface area contributed by atoms with Gasteiger partial charge in [0.25, 0.3) is 0 Å². The van der Waals surface area contributed by atoms with E-state index in [1.54, 1.807) is 0 Å². The molecule has 0 saturated carbocycles. The Morgan fingerprint density at radius 2 is 0.500 bits per heavy atom. The molecule has 0 fully saturated rings. The summed E-state index contributed by atoms with van der Waals surface area (Å²) in [5.41, 5.74) is 18.0.